The first-order chi connectivity index (χ1) is 12.5. The molecular weight excluding hydrogens is 392 g/mol. The molecule has 0 N–H and O–H groups in total. The van der Waals surface area contributed by atoms with Crippen LogP contribution in [0.3, 0.4) is 0 Å². The van der Waals surface area contributed by atoms with E-state index in [9.17, 15) is 4.79 Å². The molecule has 0 atom stereocenters. The van der Waals surface area contributed by atoms with Crippen molar-refractivity contribution in [1.82, 2.24) is 9.80 Å². The molecule has 0 bridgehead atoms. The molecule has 0 aromatic heterocycles. The average molecular weight is 423 g/mol. The minimum atomic E-state index is 0.0853. The highest BCUT2D eigenvalue weighted by atomic mass is 79.9. The summed E-state index contributed by atoms with van der Waals surface area (Å²) < 4.78 is 6.62. The van der Waals surface area contributed by atoms with Crippen molar-refractivity contribution >= 4 is 27.9 Å². The van der Waals surface area contributed by atoms with Crippen molar-refractivity contribution < 1.29 is 9.53 Å². The zero-order valence-corrected chi connectivity index (χ0v) is 17.8. The molecule has 0 aliphatic carbocycles. The zero-order chi connectivity index (χ0) is 18.9. The van der Waals surface area contributed by atoms with Crippen molar-refractivity contribution in [1.29, 1.82) is 0 Å². The molecule has 1 aromatic carbocycles. The molecule has 0 spiro atoms. The lowest BCUT2D eigenvalue weighted by Crippen LogP contribution is -2.45. The largest absolute Gasteiger partial charge is 0.493 e. The molecule has 1 aliphatic heterocycles. The Kier molecular flexibility index (Phi) is 8.66. The molecular formula is C21H31BrN2O2. The Bertz CT molecular complexity index is 610. The number of piperidine rings is 1. The first kappa shape index (κ1) is 21.0. The van der Waals surface area contributed by atoms with Crippen LogP contribution in [0.4, 0.5) is 0 Å². The van der Waals surface area contributed by atoms with Crippen LogP contribution in [0.15, 0.2) is 28.7 Å². The SMILES string of the molecule is CCCCN(C)C1CCN(C(=O)/C=C/c2cc(Br)ccc2OCC)CC1. The van der Waals surface area contributed by atoms with E-state index in [1.54, 1.807) is 6.08 Å². The van der Waals surface area contributed by atoms with Crippen LogP contribution in [0.1, 0.15) is 45.1 Å². The summed E-state index contributed by atoms with van der Waals surface area (Å²) in [5.41, 5.74) is 0.920. The van der Waals surface area contributed by atoms with Gasteiger partial charge in [-0.1, -0.05) is 29.3 Å². The summed E-state index contributed by atoms with van der Waals surface area (Å²) in [4.78, 5) is 17.0. The van der Waals surface area contributed by atoms with Gasteiger partial charge in [0.2, 0.25) is 5.91 Å². The maximum Gasteiger partial charge on any atom is 0.246 e. The zero-order valence-electron chi connectivity index (χ0n) is 16.2. The van der Waals surface area contributed by atoms with E-state index in [2.05, 4.69) is 34.8 Å². The second-order valence-corrected chi connectivity index (χ2v) is 7.75. The third-order valence-corrected chi connectivity index (χ3v) is 5.43. The van der Waals surface area contributed by atoms with Crippen molar-refractivity contribution in [3.8, 4) is 5.75 Å². The van der Waals surface area contributed by atoms with Crippen LogP contribution in [0, 0.1) is 0 Å². The molecule has 26 heavy (non-hydrogen) atoms. The normalized spacial score (nSPS) is 15.8. The molecule has 1 aromatic rings. The molecule has 2 rings (SSSR count). The number of ether oxygens (including phenoxy) is 1. The summed E-state index contributed by atoms with van der Waals surface area (Å²) in [7, 11) is 2.21. The van der Waals surface area contributed by atoms with Crippen molar-refractivity contribution in [3.63, 3.8) is 0 Å². The average Bonchev–Trinajstić information content (AvgIpc) is 2.66. The number of likely N-dealkylation sites (tertiary alicyclic amines) is 1. The second-order valence-electron chi connectivity index (χ2n) is 6.84. The topological polar surface area (TPSA) is 32.8 Å². The van der Waals surface area contributed by atoms with Gasteiger partial charge in [0.05, 0.1) is 6.61 Å². The number of halogens is 1. The van der Waals surface area contributed by atoms with E-state index in [4.69, 9.17) is 4.74 Å². The van der Waals surface area contributed by atoms with Crippen molar-refractivity contribution in [2.24, 2.45) is 0 Å². The summed E-state index contributed by atoms with van der Waals surface area (Å²) in [6.07, 6.45) is 8.11. The Morgan fingerprint density at radius 1 is 1.35 bits per heavy atom. The van der Waals surface area contributed by atoms with Crippen molar-refractivity contribution in [2.45, 2.75) is 45.6 Å². The molecule has 0 radical (unpaired) electrons. The smallest absolute Gasteiger partial charge is 0.246 e. The third-order valence-electron chi connectivity index (χ3n) is 4.94. The van der Waals surface area contributed by atoms with E-state index >= 15 is 0 Å². The van der Waals surface area contributed by atoms with E-state index in [1.807, 2.05) is 36.1 Å². The highest BCUT2D eigenvalue weighted by Crippen LogP contribution is 2.25. The number of carbonyl (C=O) groups is 1. The van der Waals surface area contributed by atoms with Crippen molar-refractivity contribution in [3.05, 3.63) is 34.3 Å². The molecule has 1 amide bonds. The van der Waals surface area contributed by atoms with Crippen LogP contribution in [0.5, 0.6) is 5.75 Å². The molecule has 1 saturated heterocycles. The highest BCUT2D eigenvalue weighted by molar-refractivity contribution is 9.10. The lowest BCUT2D eigenvalue weighted by Gasteiger charge is -2.36. The van der Waals surface area contributed by atoms with Gasteiger partial charge in [0, 0.05) is 35.2 Å². The lowest BCUT2D eigenvalue weighted by molar-refractivity contribution is -0.127. The Morgan fingerprint density at radius 2 is 2.08 bits per heavy atom. The second kappa shape index (κ2) is 10.7. The predicted octanol–water partition coefficient (Wildman–Crippen LogP) is 4.58. The number of unbranched alkanes of at least 4 members (excludes halogenated alkanes) is 1. The van der Waals surface area contributed by atoms with Crippen LogP contribution in [0.25, 0.3) is 6.08 Å². The van der Waals surface area contributed by atoms with Gasteiger partial charge in [0.25, 0.3) is 0 Å². The monoisotopic (exact) mass is 422 g/mol. The molecule has 5 heteroatoms. The minimum absolute atomic E-state index is 0.0853. The Labute approximate surface area is 166 Å². The molecule has 1 aliphatic rings. The van der Waals surface area contributed by atoms with Gasteiger partial charge in [-0.25, -0.2) is 0 Å². The molecule has 0 saturated carbocycles. The standard InChI is InChI=1S/C21H31BrN2O2/c1-4-6-13-23(3)19-11-14-24(15-12-19)21(25)10-7-17-16-18(22)8-9-20(17)26-5-2/h7-10,16,19H,4-6,11-15H2,1-3H3/b10-7+. The molecule has 0 unspecified atom stereocenters. The van der Waals surface area contributed by atoms with Gasteiger partial charge in [0.15, 0.2) is 0 Å². The fourth-order valence-corrected chi connectivity index (χ4v) is 3.70. The lowest BCUT2D eigenvalue weighted by atomic mass is 10.0. The van der Waals surface area contributed by atoms with Gasteiger partial charge in [-0.3, -0.25) is 4.79 Å². The van der Waals surface area contributed by atoms with Crippen LogP contribution in [-0.2, 0) is 4.79 Å². The summed E-state index contributed by atoms with van der Waals surface area (Å²) in [6.45, 7) is 7.61. The summed E-state index contributed by atoms with van der Waals surface area (Å²) in [5, 5.41) is 0. The quantitative estimate of drug-likeness (QED) is 0.574. The third kappa shape index (κ3) is 6.13. The fourth-order valence-electron chi connectivity index (χ4n) is 3.32. The number of rotatable bonds is 8. The maximum atomic E-state index is 12.5. The van der Waals surface area contributed by atoms with Gasteiger partial charge in [-0.05, 0) is 64.1 Å². The Hall–Kier alpha value is -1.33. The van der Waals surface area contributed by atoms with Crippen LogP contribution in [-0.4, -0.2) is 55.0 Å². The van der Waals surface area contributed by atoms with Gasteiger partial charge in [-0.15, -0.1) is 0 Å². The number of hydrogen-bond donors (Lipinski definition) is 0. The molecule has 1 fully saturated rings. The van der Waals surface area contributed by atoms with Crippen LogP contribution < -0.4 is 4.74 Å². The van der Waals surface area contributed by atoms with E-state index < -0.39 is 0 Å². The number of hydrogen-bond acceptors (Lipinski definition) is 3. The number of nitrogens with zero attached hydrogens (tertiary/aromatic N) is 2. The summed E-state index contributed by atoms with van der Waals surface area (Å²) >= 11 is 3.48. The summed E-state index contributed by atoms with van der Waals surface area (Å²) in [6, 6.07) is 6.45. The van der Waals surface area contributed by atoms with Gasteiger partial charge in [0.1, 0.15) is 5.75 Å². The molecule has 1 heterocycles. The van der Waals surface area contributed by atoms with E-state index in [0.29, 0.717) is 12.6 Å². The van der Waals surface area contributed by atoms with Crippen LogP contribution >= 0.6 is 15.9 Å². The first-order valence-corrected chi connectivity index (χ1v) is 10.4. The van der Waals surface area contributed by atoms with Gasteiger partial charge >= 0.3 is 0 Å². The Morgan fingerprint density at radius 3 is 2.73 bits per heavy atom. The Balaban J connectivity index is 1.91. The van der Waals surface area contributed by atoms with Crippen molar-refractivity contribution in [2.75, 3.05) is 33.3 Å². The van der Waals surface area contributed by atoms with Gasteiger partial charge in [-0.2, -0.15) is 0 Å². The van der Waals surface area contributed by atoms with Crippen LogP contribution in [0.2, 0.25) is 0 Å². The van der Waals surface area contributed by atoms with E-state index in [1.165, 1.54) is 12.8 Å². The first-order valence-electron chi connectivity index (χ1n) is 9.64. The number of carbonyl (C=O) groups excluding carboxylic acids is 1. The fraction of sp³-hybridized carbons (Fsp3) is 0.571. The highest BCUT2D eigenvalue weighted by Gasteiger charge is 2.23. The summed E-state index contributed by atoms with van der Waals surface area (Å²) in [5.74, 6) is 0.887. The molecule has 4 nitrogen and oxygen atoms in total. The van der Waals surface area contributed by atoms with Gasteiger partial charge < -0.3 is 14.5 Å². The molecule has 144 valence electrons. The van der Waals surface area contributed by atoms with E-state index in [-0.39, 0.29) is 5.91 Å². The number of amides is 1. The maximum absolute atomic E-state index is 12.5. The predicted molar refractivity (Wildman–Crippen MR) is 111 cm³/mol. The van der Waals surface area contributed by atoms with E-state index in [0.717, 1.165) is 48.3 Å². The number of benzene rings is 1. The minimum Gasteiger partial charge on any atom is -0.493 e.